The highest BCUT2D eigenvalue weighted by Crippen LogP contribution is 2.22. The Morgan fingerprint density at radius 3 is 2.70 bits per heavy atom. The number of anilines is 1. The molecule has 1 fully saturated rings. The Labute approximate surface area is 119 Å². The summed E-state index contributed by atoms with van der Waals surface area (Å²) in [5.74, 6) is -0.894. The Bertz CT molecular complexity index is 456. The minimum atomic E-state index is -0.690. The monoisotopic (exact) mass is 278 g/mol. The van der Waals surface area contributed by atoms with Crippen molar-refractivity contribution in [3.63, 3.8) is 0 Å². The van der Waals surface area contributed by atoms with Gasteiger partial charge in [0.15, 0.2) is 0 Å². The van der Waals surface area contributed by atoms with Gasteiger partial charge in [-0.3, -0.25) is 4.79 Å². The summed E-state index contributed by atoms with van der Waals surface area (Å²) >= 11 is 0. The SMILES string of the molecule is Nc1cccc(C(O)CCN2CCC(C(=O)O)CC2)c1. The third kappa shape index (κ3) is 3.95. The predicted molar refractivity (Wildman–Crippen MR) is 77.2 cm³/mol. The van der Waals surface area contributed by atoms with Crippen molar-refractivity contribution in [2.24, 2.45) is 5.92 Å². The molecule has 0 amide bonds. The number of aliphatic hydroxyl groups is 1. The fourth-order valence-electron chi connectivity index (χ4n) is 2.64. The van der Waals surface area contributed by atoms with E-state index in [0.29, 0.717) is 24.9 Å². The number of nitrogen functional groups attached to an aromatic ring is 1. The maximum absolute atomic E-state index is 10.9. The number of carbonyl (C=O) groups is 1. The van der Waals surface area contributed by atoms with Gasteiger partial charge in [0.05, 0.1) is 12.0 Å². The van der Waals surface area contributed by atoms with E-state index in [0.717, 1.165) is 25.2 Å². The molecule has 1 atom stereocenters. The number of hydrogen-bond donors (Lipinski definition) is 3. The number of hydrogen-bond acceptors (Lipinski definition) is 4. The zero-order valence-electron chi connectivity index (χ0n) is 11.5. The van der Waals surface area contributed by atoms with E-state index in [1.54, 1.807) is 12.1 Å². The summed E-state index contributed by atoms with van der Waals surface area (Å²) in [5, 5.41) is 19.1. The normalized spacial score (nSPS) is 18.9. The number of carboxylic acid groups (broad SMARTS) is 1. The van der Waals surface area contributed by atoms with Gasteiger partial charge in [-0.2, -0.15) is 0 Å². The van der Waals surface area contributed by atoms with Crippen LogP contribution in [0, 0.1) is 5.92 Å². The fourth-order valence-corrected chi connectivity index (χ4v) is 2.64. The van der Waals surface area contributed by atoms with E-state index in [9.17, 15) is 9.90 Å². The fraction of sp³-hybridized carbons (Fsp3) is 0.533. The molecule has 0 aromatic heterocycles. The molecule has 1 saturated heterocycles. The van der Waals surface area contributed by atoms with Crippen LogP contribution < -0.4 is 5.73 Å². The summed E-state index contributed by atoms with van der Waals surface area (Å²) in [6, 6.07) is 7.30. The van der Waals surface area contributed by atoms with Crippen LogP contribution >= 0.6 is 0 Å². The molecule has 0 radical (unpaired) electrons. The quantitative estimate of drug-likeness (QED) is 0.710. The molecule has 110 valence electrons. The van der Waals surface area contributed by atoms with Crippen molar-refractivity contribution < 1.29 is 15.0 Å². The van der Waals surface area contributed by atoms with Crippen LogP contribution in [0.3, 0.4) is 0 Å². The summed E-state index contributed by atoms with van der Waals surface area (Å²) in [6.07, 6.45) is 1.52. The lowest BCUT2D eigenvalue weighted by molar-refractivity contribution is -0.143. The first kappa shape index (κ1) is 14.8. The maximum atomic E-state index is 10.9. The van der Waals surface area contributed by atoms with E-state index in [4.69, 9.17) is 10.8 Å². The number of aliphatic carboxylic acids is 1. The molecule has 1 aromatic rings. The average Bonchev–Trinajstić information content (AvgIpc) is 2.45. The molecule has 1 aliphatic heterocycles. The number of likely N-dealkylation sites (tertiary alicyclic amines) is 1. The van der Waals surface area contributed by atoms with Crippen molar-refractivity contribution >= 4 is 11.7 Å². The van der Waals surface area contributed by atoms with Crippen LogP contribution in [0.1, 0.15) is 30.9 Å². The Hall–Kier alpha value is -1.59. The topological polar surface area (TPSA) is 86.8 Å². The molecule has 5 heteroatoms. The first-order chi connectivity index (χ1) is 9.56. The van der Waals surface area contributed by atoms with E-state index in [-0.39, 0.29) is 5.92 Å². The lowest BCUT2D eigenvalue weighted by atomic mass is 9.96. The molecular formula is C15H22N2O3. The van der Waals surface area contributed by atoms with Crippen LogP contribution in [0.25, 0.3) is 0 Å². The molecule has 1 unspecified atom stereocenters. The van der Waals surface area contributed by atoms with E-state index >= 15 is 0 Å². The molecular weight excluding hydrogens is 256 g/mol. The van der Waals surface area contributed by atoms with Crippen molar-refractivity contribution in [1.29, 1.82) is 0 Å². The number of aliphatic hydroxyl groups excluding tert-OH is 1. The molecule has 1 aromatic carbocycles. The van der Waals surface area contributed by atoms with Gasteiger partial charge in [0.2, 0.25) is 0 Å². The summed E-state index contributed by atoms with van der Waals surface area (Å²) in [6.45, 7) is 2.36. The zero-order chi connectivity index (χ0) is 14.5. The van der Waals surface area contributed by atoms with Gasteiger partial charge in [-0.15, -0.1) is 0 Å². The third-order valence-corrected chi connectivity index (χ3v) is 3.95. The highest BCUT2D eigenvalue weighted by atomic mass is 16.4. The molecule has 4 N–H and O–H groups in total. The van der Waals surface area contributed by atoms with Crippen LogP contribution in [0.4, 0.5) is 5.69 Å². The molecule has 0 spiro atoms. The standard InChI is InChI=1S/C15H22N2O3/c16-13-3-1-2-12(10-13)14(18)6-9-17-7-4-11(5-8-17)15(19)20/h1-3,10-11,14,18H,4-9,16H2,(H,19,20). The van der Waals surface area contributed by atoms with Crippen molar-refractivity contribution in [1.82, 2.24) is 4.90 Å². The van der Waals surface area contributed by atoms with Gasteiger partial charge in [-0.1, -0.05) is 12.1 Å². The van der Waals surface area contributed by atoms with Crippen molar-refractivity contribution in [3.8, 4) is 0 Å². The van der Waals surface area contributed by atoms with Gasteiger partial charge in [0, 0.05) is 12.2 Å². The smallest absolute Gasteiger partial charge is 0.306 e. The number of benzene rings is 1. The van der Waals surface area contributed by atoms with Crippen LogP contribution in [-0.4, -0.2) is 40.7 Å². The molecule has 0 aliphatic carbocycles. The predicted octanol–water partition coefficient (Wildman–Crippen LogP) is 1.49. The van der Waals surface area contributed by atoms with Gasteiger partial charge in [0.1, 0.15) is 0 Å². The van der Waals surface area contributed by atoms with Crippen molar-refractivity contribution in [2.45, 2.75) is 25.4 Å². The summed E-state index contributed by atoms with van der Waals surface area (Å²) < 4.78 is 0. The largest absolute Gasteiger partial charge is 0.481 e. The Kier molecular flexibility index (Phi) is 4.98. The number of rotatable bonds is 5. The molecule has 5 nitrogen and oxygen atoms in total. The lowest BCUT2D eigenvalue weighted by Gasteiger charge is -2.30. The molecule has 0 bridgehead atoms. The Morgan fingerprint density at radius 1 is 1.40 bits per heavy atom. The lowest BCUT2D eigenvalue weighted by Crippen LogP contribution is -2.37. The van der Waals surface area contributed by atoms with E-state index < -0.39 is 12.1 Å². The number of piperidine rings is 1. The summed E-state index contributed by atoms with van der Waals surface area (Å²) in [5.41, 5.74) is 7.20. The van der Waals surface area contributed by atoms with Crippen LogP contribution in [0.5, 0.6) is 0 Å². The minimum Gasteiger partial charge on any atom is -0.481 e. The van der Waals surface area contributed by atoms with E-state index in [2.05, 4.69) is 4.90 Å². The molecule has 1 aliphatic rings. The van der Waals surface area contributed by atoms with Gasteiger partial charge >= 0.3 is 5.97 Å². The zero-order valence-corrected chi connectivity index (χ0v) is 11.5. The highest BCUT2D eigenvalue weighted by Gasteiger charge is 2.24. The number of nitrogens with zero attached hydrogens (tertiary/aromatic N) is 1. The first-order valence-electron chi connectivity index (χ1n) is 7.05. The number of nitrogens with two attached hydrogens (primary N) is 1. The van der Waals surface area contributed by atoms with Gasteiger partial charge in [-0.05, 0) is 50.0 Å². The van der Waals surface area contributed by atoms with E-state index in [1.165, 1.54) is 0 Å². The highest BCUT2D eigenvalue weighted by molar-refractivity contribution is 5.70. The van der Waals surface area contributed by atoms with Crippen LogP contribution in [-0.2, 0) is 4.79 Å². The maximum Gasteiger partial charge on any atom is 0.306 e. The summed E-state index contributed by atoms with van der Waals surface area (Å²) in [4.78, 5) is 13.1. The van der Waals surface area contributed by atoms with Crippen molar-refractivity contribution in [3.05, 3.63) is 29.8 Å². The number of carboxylic acids is 1. The molecule has 20 heavy (non-hydrogen) atoms. The molecule has 2 rings (SSSR count). The van der Waals surface area contributed by atoms with Crippen LogP contribution in [0.2, 0.25) is 0 Å². The second kappa shape index (κ2) is 6.72. The van der Waals surface area contributed by atoms with Gasteiger partial charge in [-0.25, -0.2) is 0 Å². The van der Waals surface area contributed by atoms with Crippen LogP contribution in [0.15, 0.2) is 24.3 Å². The van der Waals surface area contributed by atoms with Gasteiger partial charge < -0.3 is 20.8 Å². The third-order valence-electron chi connectivity index (χ3n) is 3.95. The van der Waals surface area contributed by atoms with E-state index in [1.807, 2.05) is 12.1 Å². The molecule has 1 heterocycles. The Morgan fingerprint density at radius 2 is 2.10 bits per heavy atom. The summed E-state index contributed by atoms with van der Waals surface area (Å²) in [7, 11) is 0. The molecule has 0 saturated carbocycles. The second-order valence-electron chi connectivity index (χ2n) is 5.43. The minimum absolute atomic E-state index is 0.204. The van der Waals surface area contributed by atoms with Crippen molar-refractivity contribution in [2.75, 3.05) is 25.4 Å². The first-order valence-corrected chi connectivity index (χ1v) is 7.05. The van der Waals surface area contributed by atoms with Gasteiger partial charge in [0.25, 0.3) is 0 Å². The second-order valence-corrected chi connectivity index (χ2v) is 5.43. The average molecular weight is 278 g/mol. The Balaban J connectivity index is 1.77.